The lowest BCUT2D eigenvalue weighted by Gasteiger charge is -2.35. The summed E-state index contributed by atoms with van der Waals surface area (Å²) in [7, 11) is 1.64. The molecule has 3 aliphatic rings. The van der Waals surface area contributed by atoms with E-state index in [-0.39, 0.29) is 23.8 Å². The number of nitrogens with zero attached hydrogens (tertiary/aromatic N) is 4. The highest BCUT2D eigenvalue weighted by Crippen LogP contribution is 2.29. The fourth-order valence-corrected chi connectivity index (χ4v) is 4.06. The summed E-state index contributed by atoms with van der Waals surface area (Å²) in [6.45, 7) is 2.21. The Kier molecular flexibility index (Phi) is 4.94. The molecule has 142 valence electrons. The van der Waals surface area contributed by atoms with Crippen LogP contribution < -0.4 is 0 Å². The molecule has 1 aromatic carbocycles. The first-order valence-electron chi connectivity index (χ1n) is 9.34. The molecule has 3 fully saturated rings. The van der Waals surface area contributed by atoms with Gasteiger partial charge in [0.1, 0.15) is 0 Å². The van der Waals surface area contributed by atoms with E-state index in [1.54, 1.807) is 19.6 Å². The van der Waals surface area contributed by atoms with Crippen LogP contribution in [-0.4, -0.2) is 70.6 Å². The Morgan fingerprint density at radius 2 is 2.04 bits per heavy atom. The van der Waals surface area contributed by atoms with Gasteiger partial charge in [-0.25, -0.2) is 4.98 Å². The molecule has 27 heavy (non-hydrogen) atoms. The van der Waals surface area contributed by atoms with Crippen molar-refractivity contribution in [1.29, 1.82) is 0 Å². The van der Waals surface area contributed by atoms with Crippen molar-refractivity contribution in [1.82, 2.24) is 19.4 Å². The number of aromatic nitrogens is 2. The number of fused-ring (bicyclic) bond motifs is 4. The van der Waals surface area contributed by atoms with E-state index in [0.29, 0.717) is 31.8 Å². The van der Waals surface area contributed by atoms with Gasteiger partial charge in [0.15, 0.2) is 0 Å². The summed E-state index contributed by atoms with van der Waals surface area (Å²) in [5.74, 6) is 0.0503. The van der Waals surface area contributed by atoms with Crippen molar-refractivity contribution in [2.45, 2.75) is 18.9 Å². The van der Waals surface area contributed by atoms with Crippen LogP contribution in [0.3, 0.4) is 0 Å². The molecule has 1 aromatic heterocycles. The maximum absolute atomic E-state index is 13.0. The van der Waals surface area contributed by atoms with Crippen molar-refractivity contribution < 1.29 is 14.3 Å². The van der Waals surface area contributed by atoms with Crippen LogP contribution in [0.1, 0.15) is 23.2 Å². The zero-order valence-corrected chi connectivity index (χ0v) is 15.5. The summed E-state index contributed by atoms with van der Waals surface area (Å²) in [4.78, 5) is 33.6. The number of rotatable bonds is 5. The number of hydrogen-bond donors (Lipinski definition) is 0. The molecule has 7 nitrogen and oxygen atoms in total. The molecule has 2 bridgehead atoms. The second-order valence-electron chi connectivity index (χ2n) is 7.18. The summed E-state index contributed by atoms with van der Waals surface area (Å²) < 4.78 is 7.04. The highest BCUT2D eigenvalue weighted by Gasteiger charge is 2.41. The molecule has 0 aliphatic carbocycles. The second-order valence-corrected chi connectivity index (χ2v) is 7.18. The predicted octanol–water partition coefficient (Wildman–Crippen LogP) is 1.58. The van der Waals surface area contributed by atoms with Gasteiger partial charge in [-0.3, -0.25) is 9.59 Å². The summed E-state index contributed by atoms with van der Waals surface area (Å²) in [6, 6.07) is 7.60. The Morgan fingerprint density at radius 3 is 2.74 bits per heavy atom. The fourth-order valence-electron chi connectivity index (χ4n) is 4.06. The lowest BCUT2D eigenvalue weighted by atomic mass is 9.94. The van der Waals surface area contributed by atoms with Crippen LogP contribution >= 0.6 is 0 Å². The number of hydrogen-bond acceptors (Lipinski definition) is 4. The molecule has 3 aliphatic heterocycles. The number of amides is 2. The minimum absolute atomic E-state index is 0.00882. The second kappa shape index (κ2) is 7.52. The number of ether oxygens (including phenoxy) is 1. The smallest absolute Gasteiger partial charge is 0.253 e. The van der Waals surface area contributed by atoms with Crippen molar-refractivity contribution in [2.75, 3.05) is 33.4 Å². The molecule has 2 amide bonds. The zero-order valence-electron chi connectivity index (χ0n) is 15.5. The molecule has 0 unspecified atom stereocenters. The number of piperidine rings is 1. The van der Waals surface area contributed by atoms with Crippen LogP contribution in [0.5, 0.6) is 0 Å². The molecule has 4 heterocycles. The number of benzene rings is 1. The standard InChI is InChI=1S/C20H24N4O3/c1-27-11-10-24-18-7-4-16(20(24)26)12-23(13-18)19(25)15-2-5-17(6-3-15)22-9-8-21-14-22/h2-3,5-6,8-9,14,16,18H,4,7,10-13H2,1H3/t16-,18+/m0/s1. The molecule has 2 atom stereocenters. The minimum atomic E-state index is -0.102. The van der Waals surface area contributed by atoms with Crippen molar-refractivity contribution in [3.8, 4) is 5.69 Å². The first kappa shape index (κ1) is 17.7. The van der Waals surface area contributed by atoms with Gasteiger partial charge < -0.3 is 19.1 Å². The van der Waals surface area contributed by atoms with Crippen LogP contribution in [-0.2, 0) is 9.53 Å². The first-order chi connectivity index (χ1) is 13.2. The van der Waals surface area contributed by atoms with Gasteiger partial charge in [-0.15, -0.1) is 0 Å². The minimum Gasteiger partial charge on any atom is -0.383 e. The van der Waals surface area contributed by atoms with E-state index < -0.39 is 0 Å². The maximum atomic E-state index is 13.0. The van der Waals surface area contributed by atoms with E-state index in [2.05, 4.69) is 4.98 Å². The Bertz CT molecular complexity index is 803. The fraction of sp³-hybridized carbons (Fsp3) is 0.450. The number of carbonyl (C=O) groups is 2. The summed E-state index contributed by atoms with van der Waals surface area (Å²) >= 11 is 0. The normalized spacial score (nSPS) is 22.2. The van der Waals surface area contributed by atoms with Gasteiger partial charge in [0, 0.05) is 56.4 Å². The Labute approximate surface area is 158 Å². The quantitative estimate of drug-likeness (QED) is 0.804. The Hall–Kier alpha value is -2.67. The van der Waals surface area contributed by atoms with Crippen molar-refractivity contribution in [3.63, 3.8) is 0 Å². The molecule has 3 saturated heterocycles. The van der Waals surface area contributed by atoms with Gasteiger partial charge in [-0.2, -0.15) is 0 Å². The van der Waals surface area contributed by atoms with Gasteiger partial charge >= 0.3 is 0 Å². The number of carbonyl (C=O) groups excluding carboxylic acids is 2. The SMILES string of the molecule is COCCN1C(=O)[C@H]2CC[C@@H]1CN(C(=O)c1ccc(-n3ccnc3)cc1)C2. The van der Waals surface area contributed by atoms with Crippen LogP contribution in [0.2, 0.25) is 0 Å². The molecule has 0 N–H and O–H groups in total. The molecule has 0 spiro atoms. The third-order valence-corrected chi connectivity index (χ3v) is 5.53. The summed E-state index contributed by atoms with van der Waals surface area (Å²) in [5, 5.41) is 0. The van der Waals surface area contributed by atoms with E-state index in [4.69, 9.17) is 4.74 Å². The topological polar surface area (TPSA) is 67.7 Å². The summed E-state index contributed by atoms with van der Waals surface area (Å²) in [6.07, 6.45) is 7.12. The molecule has 2 aromatic rings. The van der Waals surface area contributed by atoms with Crippen molar-refractivity contribution >= 4 is 11.8 Å². The van der Waals surface area contributed by atoms with Gasteiger partial charge in [-0.1, -0.05) is 0 Å². The number of imidazole rings is 1. The van der Waals surface area contributed by atoms with Gasteiger partial charge in [0.2, 0.25) is 5.91 Å². The van der Waals surface area contributed by atoms with E-state index in [1.807, 2.05) is 44.8 Å². The monoisotopic (exact) mass is 368 g/mol. The highest BCUT2D eigenvalue weighted by atomic mass is 16.5. The number of methoxy groups -OCH3 is 1. The first-order valence-corrected chi connectivity index (χ1v) is 9.34. The third kappa shape index (κ3) is 3.47. The zero-order chi connectivity index (χ0) is 18.8. The lowest BCUT2D eigenvalue weighted by Crippen LogP contribution is -2.49. The van der Waals surface area contributed by atoms with E-state index in [1.165, 1.54) is 0 Å². The lowest BCUT2D eigenvalue weighted by molar-refractivity contribution is -0.140. The van der Waals surface area contributed by atoms with Crippen molar-refractivity contribution in [2.24, 2.45) is 5.92 Å². The van der Waals surface area contributed by atoms with E-state index in [9.17, 15) is 9.59 Å². The van der Waals surface area contributed by atoms with Crippen LogP contribution in [0.25, 0.3) is 5.69 Å². The summed E-state index contributed by atoms with van der Waals surface area (Å²) in [5.41, 5.74) is 1.61. The van der Waals surface area contributed by atoms with Crippen molar-refractivity contribution in [3.05, 3.63) is 48.5 Å². The van der Waals surface area contributed by atoms with Crippen LogP contribution in [0.15, 0.2) is 43.0 Å². The molecular formula is C20H24N4O3. The molecule has 0 saturated carbocycles. The van der Waals surface area contributed by atoms with E-state index >= 15 is 0 Å². The average molecular weight is 368 g/mol. The molecule has 7 heteroatoms. The molecule has 0 radical (unpaired) electrons. The van der Waals surface area contributed by atoms with Crippen LogP contribution in [0, 0.1) is 5.92 Å². The highest BCUT2D eigenvalue weighted by molar-refractivity contribution is 5.95. The maximum Gasteiger partial charge on any atom is 0.253 e. The predicted molar refractivity (Wildman–Crippen MR) is 99.6 cm³/mol. The Morgan fingerprint density at radius 1 is 1.22 bits per heavy atom. The van der Waals surface area contributed by atoms with E-state index in [0.717, 1.165) is 18.5 Å². The average Bonchev–Trinajstić information content (AvgIpc) is 3.10. The molecular weight excluding hydrogens is 344 g/mol. The molecule has 5 rings (SSSR count). The van der Waals surface area contributed by atoms with Gasteiger partial charge in [0.25, 0.3) is 5.91 Å². The van der Waals surface area contributed by atoms with Gasteiger partial charge in [0.05, 0.1) is 18.9 Å². The van der Waals surface area contributed by atoms with Crippen LogP contribution in [0.4, 0.5) is 0 Å². The third-order valence-electron chi connectivity index (χ3n) is 5.53. The van der Waals surface area contributed by atoms with Gasteiger partial charge in [-0.05, 0) is 37.1 Å². The Balaban J connectivity index is 1.50. The largest absolute Gasteiger partial charge is 0.383 e.